The zero-order valence-electron chi connectivity index (χ0n) is 15.1. The molecule has 1 amide bonds. The molecule has 2 aliphatic rings. The van der Waals surface area contributed by atoms with Crippen LogP contribution >= 0.6 is 0 Å². The van der Waals surface area contributed by atoms with Gasteiger partial charge in [0, 0.05) is 25.0 Å². The van der Waals surface area contributed by atoms with Gasteiger partial charge in [-0.3, -0.25) is 14.4 Å². The van der Waals surface area contributed by atoms with Gasteiger partial charge in [-0.25, -0.2) is 0 Å². The van der Waals surface area contributed by atoms with Crippen molar-refractivity contribution in [1.82, 2.24) is 25.2 Å². The van der Waals surface area contributed by atoms with Crippen molar-refractivity contribution in [1.29, 1.82) is 0 Å². The van der Waals surface area contributed by atoms with E-state index in [1.807, 2.05) is 0 Å². The fraction of sp³-hybridized carbons (Fsp3) is 0.824. The predicted octanol–water partition coefficient (Wildman–Crippen LogP) is 0.344. The lowest BCUT2D eigenvalue weighted by atomic mass is 9.65. The minimum atomic E-state index is -0.459. The van der Waals surface area contributed by atoms with Gasteiger partial charge in [0.05, 0.1) is 30.5 Å². The number of carbonyl (C=O) groups excluding carboxylic acids is 1. The van der Waals surface area contributed by atoms with Gasteiger partial charge in [0.15, 0.2) is 0 Å². The average Bonchev–Trinajstić information content (AvgIpc) is 3.02. The number of likely N-dealkylation sites (tertiary alicyclic amines) is 1. The molecule has 7 nitrogen and oxygen atoms in total. The summed E-state index contributed by atoms with van der Waals surface area (Å²) in [5.74, 6) is 0.482. The first-order chi connectivity index (χ1) is 11.4. The lowest BCUT2D eigenvalue weighted by Crippen LogP contribution is -2.65. The summed E-state index contributed by atoms with van der Waals surface area (Å²) >= 11 is 0. The van der Waals surface area contributed by atoms with Gasteiger partial charge in [0.1, 0.15) is 0 Å². The van der Waals surface area contributed by atoms with E-state index in [1.54, 1.807) is 17.9 Å². The Morgan fingerprint density at radius 3 is 2.83 bits per heavy atom. The maximum Gasteiger partial charge on any atom is 0.226 e. The van der Waals surface area contributed by atoms with Gasteiger partial charge < -0.3 is 10.4 Å². The van der Waals surface area contributed by atoms with E-state index in [9.17, 15) is 9.90 Å². The van der Waals surface area contributed by atoms with Crippen molar-refractivity contribution in [3.05, 3.63) is 11.9 Å². The van der Waals surface area contributed by atoms with Crippen LogP contribution in [0.25, 0.3) is 0 Å². The smallest absolute Gasteiger partial charge is 0.226 e. The maximum absolute atomic E-state index is 12.3. The molecule has 24 heavy (non-hydrogen) atoms. The lowest BCUT2D eigenvalue weighted by Gasteiger charge is -2.58. The van der Waals surface area contributed by atoms with Crippen molar-refractivity contribution in [3.63, 3.8) is 0 Å². The lowest BCUT2D eigenvalue weighted by molar-refractivity contribution is -0.122. The first kappa shape index (κ1) is 17.4. The van der Waals surface area contributed by atoms with E-state index in [2.05, 4.69) is 41.3 Å². The summed E-state index contributed by atoms with van der Waals surface area (Å²) in [5, 5.41) is 21.2. The molecule has 0 bridgehead atoms. The van der Waals surface area contributed by atoms with E-state index < -0.39 is 6.10 Å². The number of aromatic nitrogens is 3. The first-order valence-corrected chi connectivity index (χ1v) is 8.91. The van der Waals surface area contributed by atoms with E-state index in [0.29, 0.717) is 12.0 Å². The largest absolute Gasteiger partial charge is 0.391 e. The summed E-state index contributed by atoms with van der Waals surface area (Å²) in [5.41, 5.74) is 0.922. The number of aliphatic hydroxyl groups excluding tert-OH is 1. The SMILES string of the molecule is CCN1CC2(C[C@@H](O)[C@H](NC(=O)Cc3cnnn3C)C2)C1C(C)C. The van der Waals surface area contributed by atoms with Gasteiger partial charge in [-0.2, -0.15) is 0 Å². The highest BCUT2D eigenvalue weighted by molar-refractivity contribution is 5.78. The Bertz CT molecular complexity index is 602. The van der Waals surface area contributed by atoms with Crippen LogP contribution in [-0.2, 0) is 18.3 Å². The van der Waals surface area contributed by atoms with Gasteiger partial charge in [-0.05, 0) is 25.3 Å². The highest BCUT2D eigenvalue weighted by atomic mass is 16.3. The molecule has 1 aromatic rings. The fourth-order valence-corrected chi connectivity index (χ4v) is 4.94. The van der Waals surface area contributed by atoms with Crippen LogP contribution in [0, 0.1) is 11.3 Å². The fourth-order valence-electron chi connectivity index (χ4n) is 4.94. The third-order valence-corrected chi connectivity index (χ3v) is 5.78. The third-order valence-electron chi connectivity index (χ3n) is 5.78. The van der Waals surface area contributed by atoms with Crippen LogP contribution in [0.3, 0.4) is 0 Å². The minimum Gasteiger partial charge on any atom is -0.391 e. The molecule has 3 rings (SSSR count). The van der Waals surface area contributed by atoms with Crippen molar-refractivity contribution in [2.24, 2.45) is 18.4 Å². The molecule has 7 heteroatoms. The van der Waals surface area contributed by atoms with Crippen molar-refractivity contribution < 1.29 is 9.90 Å². The number of aryl methyl sites for hydroxylation is 1. The first-order valence-electron chi connectivity index (χ1n) is 8.91. The molecule has 1 saturated carbocycles. The summed E-state index contributed by atoms with van der Waals surface area (Å²) in [6, 6.07) is 0.347. The minimum absolute atomic E-state index is 0.0748. The van der Waals surface area contributed by atoms with Crippen LogP contribution in [0.5, 0.6) is 0 Å². The summed E-state index contributed by atoms with van der Waals surface area (Å²) in [6.45, 7) is 8.77. The van der Waals surface area contributed by atoms with Gasteiger partial charge in [-0.1, -0.05) is 26.0 Å². The Morgan fingerprint density at radius 2 is 2.25 bits per heavy atom. The van der Waals surface area contributed by atoms with E-state index in [0.717, 1.165) is 31.6 Å². The van der Waals surface area contributed by atoms with Crippen LogP contribution in [0.2, 0.25) is 0 Å². The van der Waals surface area contributed by atoms with Crippen molar-refractivity contribution in [2.75, 3.05) is 13.1 Å². The van der Waals surface area contributed by atoms with Gasteiger partial charge in [0.25, 0.3) is 0 Å². The molecule has 0 aromatic carbocycles. The summed E-state index contributed by atoms with van der Waals surface area (Å²) in [4.78, 5) is 14.8. The molecule has 2 heterocycles. The molecule has 2 fully saturated rings. The van der Waals surface area contributed by atoms with Crippen LogP contribution < -0.4 is 5.32 Å². The van der Waals surface area contributed by atoms with Crippen molar-refractivity contribution >= 4 is 5.91 Å². The molecule has 0 radical (unpaired) electrons. The number of carbonyl (C=O) groups is 1. The monoisotopic (exact) mass is 335 g/mol. The summed E-state index contributed by atoms with van der Waals surface area (Å²) in [7, 11) is 1.77. The predicted molar refractivity (Wildman–Crippen MR) is 90.2 cm³/mol. The molecule has 4 atom stereocenters. The zero-order valence-corrected chi connectivity index (χ0v) is 15.1. The summed E-state index contributed by atoms with van der Waals surface area (Å²) < 4.78 is 1.60. The van der Waals surface area contributed by atoms with Gasteiger partial charge in [-0.15, -0.1) is 5.10 Å². The number of nitrogens with zero attached hydrogens (tertiary/aromatic N) is 4. The van der Waals surface area contributed by atoms with Crippen molar-refractivity contribution in [2.45, 2.75) is 58.2 Å². The molecule has 2 unspecified atom stereocenters. The van der Waals surface area contributed by atoms with Gasteiger partial charge >= 0.3 is 0 Å². The van der Waals surface area contributed by atoms with E-state index >= 15 is 0 Å². The average molecular weight is 335 g/mol. The molecular weight excluding hydrogens is 306 g/mol. The second kappa shape index (κ2) is 6.44. The number of aliphatic hydroxyl groups is 1. The number of rotatable bonds is 5. The second-order valence-corrected chi connectivity index (χ2v) is 7.79. The van der Waals surface area contributed by atoms with E-state index in [-0.39, 0.29) is 23.8 Å². The van der Waals surface area contributed by atoms with Crippen molar-refractivity contribution in [3.8, 4) is 0 Å². The normalized spacial score (nSPS) is 33.2. The van der Waals surface area contributed by atoms with Gasteiger partial charge in [0.2, 0.25) is 5.91 Å². The molecule has 2 N–H and O–H groups in total. The quantitative estimate of drug-likeness (QED) is 0.811. The number of hydrogen-bond donors (Lipinski definition) is 2. The molecule has 1 aliphatic carbocycles. The Kier molecular flexibility index (Phi) is 4.66. The Balaban J connectivity index is 1.62. The topological polar surface area (TPSA) is 83.3 Å². The van der Waals surface area contributed by atoms with E-state index in [1.165, 1.54) is 0 Å². The molecular formula is C17H29N5O2. The summed E-state index contributed by atoms with van der Waals surface area (Å²) in [6.07, 6.45) is 3.03. The van der Waals surface area contributed by atoms with Crippen LogP contribution in [0.4, 0.5) is 0 Å². The molecule has 1 aromatic heterocycles. The molecule has 134 valence electrons. The third kappa shape index (κ3) is 2.95. The maximum atomic E-state index is 12.3. The Morgan fingerprint density at radius 1 is 1.50 bits per heavy atom. The van der Waals surface area contributed by atoms with Crippen LogP contribution in [-0.4, -0.2) is 62.2 Å². The standard InChI is InChI=1S/C17H29N5O2/c1-5-22-10-17(16(22)11(2)3)7-13(14(23)8-17)19-15(24)6-12-9-18-20-21(12)4/h9,11,13-14,16,23H,5-8,10H2,1-4H3,(H,19,24)/t13-,14-,16?,17?/m1/s1. The highest BCUT2D eigenvalue weighted by Crippen LogP contribution is 2.52. The second-order valence-electron chi connectivity index (χ2n) is 7.79. The Hall–Kier alpha value is -1.47. The molecule has 1 aliphatic heterocycles. The zero-order chi connectivity index (χ0) is 17.5. The molecule has 1 saturated heterocycles. The number of amides is 1. The highest BCUT2D eigenvalue weighted by Gasteiger charge is 2.58. The van der Waals surface area contributed by atoms with Crippen LogP contribution in [0.1, 0.15) is 39.3 Å². The number of hydrogen-bond acceptors (Lipinski definition) is 5. The van der Waals surface area contributed by atoms with E-state index in [4.69, 9.17) is 0 Å². The Labute approximate surface area is 143 Å². The van der Waals surface area contributed by atoms with Crippen LogP contribution in [0.15, 0.2) is 6.20 Å². The molecule has 1 spiro atoms. The number of nitrogens with one attached hydrogen (secondary N) is 1.